The zero-order chi connectivity index (χ0) is 17.8. The fourth-order valence-electron chi connectivity index (χ4n) is 3.74. The van der Waals surface area contributed by atoms with Crippen LogP contribution in [0.4, 0.5) is 0 Å². The Bertz CT molecular complexity index is 697. The SMILES string of the molecule is COc1cc2c(cc1OCc1ccccc1)[C@H](CC(C)C)[NH+](C)CC2. The summed E-state index contributed by atoms with van der Waals surface area (Å²) in [5.74, 6) is 2.38. The zero-order valence-electron chi connectivity index (χ0n) is 15.8. The maximum absolute atomic E-state index is 6.13. The predicted octanol–water partition coefficient (Wildman–Crippen LogP) is 3.43. The summed E-state index contributed by atoms with van der Waals surface area (Å²) < 4.78 is 11.7. The van der Waals surface area contributed by atoms with Crippen molar-refractivity contribution in [2.24, 2.45) is 5.92 Å². The summed E-state index contributed by atoms with van der Waals surface area (Å²) >= 11 is 0. The van der Waals surface area contributed by atoms with Gasteiger partial charge in [-0.2, -0.15) is 0 Å². The van der Waals surface area contributed by atoms with Crippen molar-refractivity contribution in [1.82, 2.24) is 0 Å². The van der Waals surface area contributed by atoms with E-state index in [9.17, 15) is 0 Å². The van der Waals surface area contributed by atoms with Crippen molar-refractivity contribution in [1.29, 1.82) is 0 Å². The van der Waals surface area contributed by atoms with Crippen LogP contribution >= 0.6 is 0 Å². The molecule has 2 aromatic rings. The van der Waals surface area contributed by atoms with E-state index in [0.29, 0.717) is 18.6 Å². The number of hydrogen-bond donors (Lipinski definition) is 1. The molecular formula is C22H30NO2+. The van der Waals surface area contributed by atoms with Crippen LogP contribution in [0.25, 0.3) is 0 Å². The Morgan fingerprint density at radius 2 is 1.88 bits per heavy atom. The first-order valence-corrected chi connectivity index (χ1v) is 9.28. The second-order valence-electron chi connectivity index (χ2n) is 7.50. The molecule has 0 bridgehead atoms. The van der Waals surface area contributed by atoms with Gasteiger partial charge in [-0.15, -0.1) is 0 Å². The average molecular weight is 340 g/mol. The van der Waals surface area contributed by atoms with E-state index >= 15 is 0 Å². The Kier molecular flexibility index (Phi) is 5.64. The Morgan fingerprint density at radius 1 is 1.12 bits per heavy atom. The van der Waals surface area contributed by atoms with E-state index in [1.807, 2.05) is 18.2 Å². The smallest absolute Gasteiger partial charge is 0.162 e. The van der Waals surface area contributed by atoms with Gasteiger partial charge in [-0.1, -0.05) is 44.2 Å². The summed E-state index contributed by atoms with van der Waals surface area (Å²) in [5, 5.41) is 0. The lowest BCUT2D eigenvalue weighted by molar-refractivity contribution is -0.915. The Labute approximate surface area is 151 Å². The van der Waals surface area contributed by atoms with Crippen molar-refractivity contribution >= 4 is 0 Å². The van der Waals surface area contributed by atoms with Crippen molar-refractivity contribution in [3.8, 4) is 11.5 Å². The molecule has 134 valence electrons. The molecule has 25 heavy (non-hydrogen) atoms. The second kappa shape index (κ2) is 7.92. The molecule has 1 aliphatic rings. The lowest BCUT2D eigenvalue weighted by Gasteiger charge is -2.33. The van der Waals surface area contributed by atoms with E-state index in [-0.39, 0.29) is 0 Å². The molecule has 0 amide bonds. The Hall–Kier alpha value is -2.00. The van der Waals surface area contributed by atoms with E-state index < -0.39 is 0 Å². The van der Waals surface area contributed by atoms with Gasteiger partial charge in [-0.3, -0.25) is 0 Å². The first-order chi connectivity index (χ1) is 12.1. The summed E-state index contributed by atoms with van der Waals surface area (Å²) in [7, 11) is 4.04. The summed E-state index contributed by atoms with van der Waals surface area (Å²) in [6.45, 7) is 6.35. The highest BCUT2D eigenvalue weighted by atomic mass is 16.5. The second-order valence-corrected chi connectivity index (χ2v) is 7.50. The van der Waals surface area contributed by atoms with Crippen LogP contribution in [-0.2, 0) is 13.0 Å². The third-order valence-electron chi connectivity index (χ3n) is 5.13. The zero-order valence-corrected chi connectivity index (χ0v) is 15.8. The third-order valence-corrected chi connectivity index (χ3v) is 5.13. The fraction of sp³-hybridized carbons (Fsp3) is 0.455. The number of ether oxygens (including phenoxy) is 2. The molecule has 3 heteroatoms. The minimum Gasteiger partial charge on any atom is -0.493 e. The Morgan fingerprint density at radius 3 is 2.56 bits per heavy atom. The van der Waals surface area contributed by atoms with Crippen LogP contribution in [0.5, 0.6) is 11.5 Å². The van der Waals surface area contributed by atoms with Gasteiger partial charge in [0.2, 0.25) is 0 Å². The molecule has 2 aromatic carbocycles. The van der Waals surface area contributed by atoms with Crippen molar-refractivity contribution < 1.29 is 14.4 Å². The topological polar surface area (TPSA) is 22.9 Å². The molecule has 3 nitrogen and oxygen atoms in total. The van der Waals surface area contributed by atoms with Crippen molar-refractivity contribution in [3.05, 3.63) is 59.2 Å². The summed E-state index contributed by atoms with van der Waals surface area (Å²) in [6.07, 6.45) is 2.30. The lowest BCUT2D eigenvalue weighted by Crippen LogP contribution is -3.10. The molecule has 0 fully saturated rings. The highest BCUT2D eigenvalue weighted by Crippen LogP contribution is 2.36. The molecule has 0 spiro atoms. The molecule has 0 saturated heterocycles. The van der Waals surface area contributed by atoms with E-state index in [1.165, 1.54) is 29.7 Å². The van der Waals surface area contributed by atoms with Gasteiger partial charge in [-0.05, 0) is 29.2 Å². The molecule has 1 aliphatic heterocycles. The quantitative estimate of drug-likeness (QED) is 0.871. The van der Waals surface area contributed by atoms with Gasteiger partial charge in [-0.25, -0.2) is 0 Å². The molecule has 2 atom stereocenters. The fourth-order valence-corrected chi connectivity index (χ4v) is 3.74. The number of hydrogen-bond acceptors (Lipinski definition) is 2. The number of benzene rings is 2. The van der Waals surface area contributed by atoms with Crippen LogP contribution in [0.3, 0.4) is 0 Å². The highest BCUT2D eigenvalue weighted by Gasteiger charge is 2.30. The van der Waals surface area contributed by atoms with E-state index in [0.717, 1.165) is 17.9 Å². The molecule has 1 unspecified atom stereocenters. The van der Waals surface area contributed by atoms with Crippen LogP contribution in [-0.4, -0.2) is 20.7 Å². The average Bonchev–Trinajstić information content (AvgIpc) is 2.62. The van der Waals surface area contributed by atoms with Gasteiger partial charge in [0.25, 0.3) is 0 Å². The molecule has 0 aliphatic carbocycles. The largest absolute Gasteiger partial charge is 0.493 e. The van der Waals surface area contributed by atoms with Gasteiger partial charge in [0.1, 0.15) is 12.6 Å². The van der Waals surface area contributed by atoms with Gasteiger partial charge in [0.05, 0.1) is 20.7 Å². The van der Waals surface area contributed by atoms with Crippen molar-refractivity contribution in [2.75, 3.05) is 20.7 Å². The molecule has 0 aromatic heterocycles. The normalized spacial score (nSPS) is 19.6. The van der Waals surface area contributed by atoms with E-state index in [4.69, 9.17) is 9.47 Å². The van der Waals surface area contributed by atoms with E-state index in [2.05, 4.69) is 45.2 Å². The van der Waals surface area contributed by atoms with E-state index in [1.54, 1.807) is 12.0 Å². The molecule has 0 radical (unpaired) electrons. The number of quaternary nitrogens is 1. The molecular weight excluding hydrogens is 310 g/mol. The lowest BCUT2D eigenvalue weighted by atomic mass is 9.87. The molecule has 3 rings (SSSR count). The van der Waals surface area contributed by atoms with Gasteiger partial charge < -0.3 is 14.4 Å². The third kappa shape index (κ3) is 4.16. The number of nitrogens with one attached hydrogen (secondary N) is 1. The maximum atomic E-state index is 6.13. The van der Waals surface area contributed by atoms with Gasteiger partial charge >= 0.3 is 0 Å². The minimum atomic E-state index is 0.536. The molecule has 1 heterocycles. The van der Waals surface area contributed by atoms with Crippen LogP contribution in [0, 0.1) is 5.92 Å². The molecule has 0 saturated carbocycles. The van der Waals surface area contributed by atoms with Crippen LogP contribution in [0.2, 0.25) is 0 Å². The standard InChI is InChI=1S/C22H29NO2/c1-16(2)12-20-19-14-22(25-15-17-8-6-5-7-9-17)21(24-4)13-18(19)10-11-23(20)3/h5-9,13-14,16,20H,10-12,15H2,1-4H3/p+1/t20-/m0/s1. The number of fused-ring (bicyclic) bond motifs is 1. The number of rotatable bonds is 6. The highest BCUT2D eigenvalue weighted by molar-refractivity contribution is 5.49. The maximum Gasteiger partial charge on any atom is 0.162 e. The molecule has 1 N–H and O–H groups in total. The summed E-state index contributed by atoms with van der Waals surface area (Å²) in [5.41, 5.74) is 4.02. The van der Waals surface area contributed by atoms with Gasteiger partial charge in [0, 0.05) is 18.4 Å². The Balaban J connectivity index is 1.89. The first kappa shape index (κ1) is 17.8. The summed E-state index contributed by atoms with van der Waals surface area (Å²) in [6, 6.07) is 15.2. The minimum absolute atomic E-state index is 0.536. The van der Waals surface area contributed by atoms with Crippen LogP contribution < -0.4 is 14.4 Å². The van der Waals surface area contributed by atoms with Crippen LogP contribution in [0.1, 0.15) is 43.0 Å². The number of methoxy groups -OCH3 is 1. The number of likely N-dealkylation sites (N-methyl/N-ethyl adjacent to an activating group) is 1. The first-order valence-electron chi connectivity index (χ1n) is 9.28. The van der Waals surface area contributed by atoms with Gasteiger partial charge in [0.15, 0.2) is 11.5 Å². The monoisotopic (exact) mass is 340 g/mol. The van der Waals surface area contributed by atoms with Crippen LogP contribution in [0.15, 0.2) is 42.5 Å². The van der Waals surface area contributed by atoms with Crippen molar-refractivity contribution in [2.45, 2.75) is 39.3 Å². The predicted molar refractivity (Wildman–Crippen MR) is 101 cm³/mol. The van der Waals surface area contributed by atoms with Crippen molar-refractivity contribution in [3.63, 3.8) is 0 Å². The summed E-state index contributed by atoms with van der Waals surface area (Å²) in [4.78, 5) is 1.60.